The molecule has 1 heterocycles. The van der Waals surface area contributed by atoms with Crippen molar-refractivity contribution in [3.8, 4) is 0 Å². The average Bonchev–Trinajstić information content (AvgIpc) is 2.28. The van der Waals surface area contributed by atoms with Crippen LogP contribution >= 0.6 is 12.4 Å². The van der Waals surface area contributed by atoms with E-state index in [2.05, 4.69) is 0 Å². The molecule has 1 rings (SSSR count). The van der Waals surface area contributed by atoms with E-state index in [9.17, 15) is 8.42 Å². The van der Waals surface area contributed by atoms with Crippen LogP contribution in [-0.4, -0.2) is 37.6 Å². The number of nitrogens with zero attached hydrogens (tertiary/aromatic N) is 1. The van der Waals surface area contributed by atoms with Gasteiger partial charge in [-0.2, -0.15) is 4.31 Å². The predicted molar refractivity (Wildman–Crippen MR) is 50.9 cm³/mol. The number of rotatable bonds is 2. The Hall–Kier alpha value is 0.160. The van der Waals surface area contributed by atoms with Crippen LogP contribution in [0.4, 0.5) is 0 Å². The fourth-order valence-corrected chi connectivity index (χ4v) is 3.04. The first kappa shape index (κ1) is 12.2. The van der Waals surface area contributed by atoms with Crippen molar-refractivity contribution in [3.05, 3.63) is 0 Å². The molecule has 4 nitrogen and oxygen atoms in total. The van der Waals surface area contributed by atoms with Gasteiger partial charge in [-0.25, -0.2) is 8.42 Å². The van der Waals surface area contributed by atoms with Gasteiger partial charge in [0.25, 0.3) is 0 Å². The molecule has 0 amide bonds. The van der Waals surface area contributed by atoms with Gasteiger partial charge in [0.15, 0.2) is 0 Å². The first-order valence-corrected chi connectivity index (χ1v) is 5.38. The number of nitrogens with two attached hydrogens (primary N) is 1. The molecule has 0 aromatic rings. The van der Waals surface area contributed by atoms with Crippen molar-refractivity contribution in [2.24, 2.45) is 5.73 Å². The Bertz CT molecular complexity index is 230. The molecular formula is C6H15ClN2O2S. The largest absolute Gasteiger partial charge is 0.329 e. The molecule has 2 N–H and O–H groups in total. The molecule has 1 aliphatic heterocycles. The monoisotopic (exact) mass is 214 g/mol. The van der Waals surface area contributed by atoms with Gasteiger partial charge in [0, 0.05) is 19.1 Å². The van der Waals surface area contributed by atoms with E-state index in [0.29, 0.717) is 13.1 Å². The Kier molecular flexibility index (Phi) is 4.47. The van der Waals surface area contributed by atoms with Crippen molar-refractivity contribution in [2.75, 3.05) is 18.8 Å². The second-order valence-corrected chi connectivity index (χ2v) is 4.91. The Morgan fingerprint density at radius 2 is 2.17 bits per heavy atom. The predicted octanol–water partition coefficient (Wildman–Crippen LogP) is -0.209. The summed E-state index contributed by atoms with van der Waals surface area (Å²) in [5.41, 5.74) is 5.37. The van der Waals surface area contributed by atoms with E-state index in [4.69, 9.17) is 5.73 Å². The van der Waals surface area contributed by atoms with Gasteiger partial charge in [-0.05, 0) is 13.3 Å². The van der Waals surface area contributed by atoms with E-state index in [-0.39, 0.29) is 24.2 Å². The summed E-state index contributed by atoms with van der Waals surface area (Å²) in [6.07, 6.45) is 0.743. The van der Waals surface area contributed by atoms with Crippen LogP contribution in [0.2, 0.25) is 0 Å². The summed E-state index contributed by atoms with van der Waals surface area (Å²) < 4.78 is 24.0. The fraction of sp³-hybridized carbons (Fsp3) is 1.00. The quantitative estimate of drug-likeness (QED) is 0.692. The highest BCUT2D eigenvalue weighted by Crippen LogP contribution is 2.15. The highest BCUT2D eigenvalue weighted by molar-refractivity contribution is 7.89. The van der Waals surface area contributed by atoms with Gasteiger partial charge in [0.1, 0.15) is 0 Å². The third-order valence-corrected chi connectivity index (χ3v) is 4.03. The molecule has 0 aromatic carbocycles. The minimum atomic E-state index is -2.95. The second kappa shape index (κ2) is 4.41. The molecule has 0 radical (unpaired) electrons. The summed E-state index contributed by atoms with van der Waals surface area (Å²) in [7, 11) is -2.95. The van der Waals surface area contributed by atoms with Crippen LogP contribution < -0.4 is 5.73 Å². The molecule has 1 unspecified atom stereocenters. The molecular weight excluding hydrogens is 200 g/mol. The summed E-state index contributed by atoms with van der Waals surface area (Å²) in [5.74, 6) is 0.289. The van der Waals surface area contributed by atoms with Crippen molar-refractivity contribution in [3.63, 3.8) is 0 Å². The second-order valence-electron chi connectivity index (χ2n) is 2.87. The van der Waals surface area contributed by atoms with Gasteiger partial charge in [0.05, 0.1) is 5.75 Å². The van der Waals surface area contributed by atoms with Crippen molar-refractivity contribution >= 4 is 22.4 Å². The lowest BCUT2D eigenvalue weighted by molar-refractivity contribution is 0.366. The van der Waals surface area contributed by atoms with Crippen LogP contribution in [0, 0.1) is 0 Å². The van der Waals surface area contributed by atoms with Crippen molar-refractivity contribution < 1.29 is 8.42 Å². The van der Waals surface area contributed by atoms with Gasteiger partial charge < -0.3 is 5.73 Å². The zero-order valence-corrected chi connectivity index (χ0v) is 8.70. The van der Waals surface area contributed by atoms with E-state index in [0.717, 1.165) is 6.42 Å². The fourth-order valence-electron chi connectivity index (χ4n) is 1.27. The molecule has 0 saturated carbocycles. The molecule has 1 saturated heterocycles. The standard InChI is InChI=1S/C6H14N2O2S.ClH/c1-6(5-7)8-3-2-4-11(8,9)10;/h6H,2-5,7H2,1H3;1H. The Labute approximate surface area is 79.6 Å². The highest BCUT2D eigenvalue weighted by Gasteiger charge is 2.31. The third kappa shape index (κ3) is 2.32. The SMILES string of the molecule is CC(CN)N1CCCS1(=O)=O.Cl. The molecule has 6 heteroatoms. The van der Waals surface area contributed by atoms with E-state index >= 15 is 0 Å². The van der Waals surface area contributed by atoms with Crippen LogP contribution in [0.15, 0.2) is 0 Å². The van der Waals surface area contributed by atoms with Gasteiger partial charge in [-0.1, -0.05) is 0 Å². The summed E-state index contributed by atoms with van der Waals surface area (Å²) >= 11 is 0. The third-order valence-electron chi connectivity index (χ3n) is 1.97. The Morgan fingerprint density at radius 1 is 1.58 bits per heavy atom. The minimum Gasteiger partial charge on any atom is -0.329 e. The maximum atomic E-state index is 11.2. The molecule has 1 aliphatic rings. The zero-order chi connectivity index (χ0) is 8.48. The summed E-state index contributed by atoms with van der Waals surface area (Å²) in [5, 5.41) is 0. The molecule has 0 aromatic heterocycles. The average molecular weight is 215 g/mol. The summed E-state index contributed by atoms with van der Waals surface area (Å²) in [6, 6.07) is -0.0394. The molecule has 12 heavy (non-hydrogen) atoms. The summed E-state index contributed by atoms with van der Waals surface area (Å²) in [4.78, 5) is 0. The smallest absolute Gasteiger partial charge is 0.214 e. The van der Waals surface area contributed by atoms with Gasteiger partial charge >= 0.3 is 0 Å². The molecule has 0 aliphatic carbocycles. The molecule has 1 fully saturated rings. The van der Waals surface area contributed by atoms with Crippen LogP contribution in [0.3, 0.4) is 0 Å². The van der Waals surface area contributed by atoms with E-state index in [1.807, 2.05) is 6.92 Å². The Balaban J connectivity index is 0.00000121. The van der Waals surface area contributed by atoms with Gasteiger partial charge in [-0.15, -0.1) is 12.4 Å². The first-order valence-electron chi connectivity index (χ1n) is 3.77. The van der Waals surface area contributed by atoms with Crippen LogP contribution in [0.25, 0.3) is 0 Å². The molecule has 0 spiro atoms. The lowest BCUT2D eigenvalue weighted by atomic mass is 10.3. The van der Waals surface area contributed by atoms with Gasteiger partial charge in [0.2, 0.25) is 10.0 Å². The van der Waals surface area contributed by atoms with E-state index in [1.54, 1.807) is 0 Å². The zero-order valence-electron chi connectivity index (χ0n) is 7.06. The lowest BCUT2D eigenvalue weighted by Gasteiger charge is -2.20. The van der Waals surface area contributed by atoms with Crippen LogP contribution in [-0.2, 0) is 10.0 Å². The van der Waals surface area contributed by atoms with Crippen molar-refractivity contribution in [2.45, 2.75) is 19.4 Å². The lowest BCUT2D eigenvalue weighted by Crippen LogP contribution is -2.39. The van der Waals surface area contributed by atoms with E-state index in [1.165, 1.54) is 4.31 Å². The highest BCUT2D eigenvalue weighted by atomic mass is 35.5. The van der Waals surface area contributed by atoms with Crippen molar-refractivity contribution in [1.82, 2.24) is 4.31 Å². The molecule has 1 atom stereocenters. The number of hydrogen-bond acceptors (Lipinski definition) is 3. The maximum absolute atomic E-state index is 11.2. The number of hydrogen-bond donors (Lipinski definition) is 1. The maximum Gasteiger partial charge on any atom is 0.214 e. The first-order chi connectivity index (χ1) is 5.08. The van der Waals surface area contributed by atoms with Crippen molar-refractivity contribution in [1.29, 1.82) is 0 Å². The minimum absolute atomic E-state index is 0. The van der Waals surface area contributed by atoms with Gasteiger partial charge in [-0.3, -0.25) is 0 Å². The number of halogens is 1. The Morgan fingerprint density at radius 3 is 2.50 bits per heavy atom. The van der Waals surface area contributed by atoms with Crippen LogP contribution in [0.5, 0.6) is 0 Å². The molecule has 0 bridgehead atoms. The normalized spacial score (nSPS) is 24.8. The number of sulfonamides is 1. The topological polar surface area (TPSA) is 63.4 Å². The van der Waals surface area contributed by atoms with Crippen LogP contribution in [0.1, 0.15) is 13.3 Å². The van der Waals surface area contributed by atoms with E-state index < -0.39 is 10.0 Å². The molecule has 74 valence electrons. The summed E-state index contributed by atoms with van der Waals surface area (Å²) in [6.45, 7) is 2.88.